The maximum absolute atomic E-state index is 8.89. The second-order valence-electron chi connectivity index (χ2n) is 5.40. The minimum atomic E-state index is 0.481. The second kappa shape index (κ2) is 6.43. The third-order valence-electron chi connectivity index (χ3n) is 3.53. The molecular weight excluding hydrogens is 260 g/mol. The molecule has 1 N–H and O–H groups in total. The largest absolute Gasteiger partial charge is 0.489 e. The van der Waals surface area contributed by atoms with Crippen LogP contribution in [0.5, 0.6) is 5.75 Å². The van der Waals surface area contributed by atoms with E-state index < -0.39 is 0 Å². The molecule has 0 radical (unpaired) electrons. The molecule has 1 fully saturated rings. The van der Waals surface area contributed by atoms with E-state index in [0.29, 0.717) is 18.2 Å². The summed E-state index contributed by atoms with van der Waals surface area (Å²) in [6.07, 6.45) is 2.59. The standard InChI is InChI=1S/C18H18N2O/c19-11-14-3-1-5-16(9-14)13-21-18-6-2-4-15(10-18)12-20-17-7-8-17/h1-6,9-10,17,20H,7-8,12-13H2. The van der Waals surface area contributed by atoms with Gasteiger partial charge in [0, 0.05) is 12.6 Å². The molecule has 2 aromatic carbocycles. The third kappa shape index (κ3) is 4.08. The number of nitriles is 1. The van der Waals surface area contributed by atoms with Crippen LogP contribution in [-0.2, 0) is 13.2 Å². The molecule has 21 heavy (non-hydrogen) atoms. The zero-order chi connectivity index (χ0) is 14.5. The first-order valence-corrected chi connectivity index (χ1v) is 7.27. The summed E-state index contributed by atoms with van der Waals surface area (Å²) in [6.45, 7) is 1.38. The Hall–Kier alpha value is -2.31. The molecule has 3 nitrogen and oxygen atoms in total. The molecule has 0 unspecified atom stereocenters. The Morgan fingerprint density at radius 2 is 1.90 bits per heavy atom. The Balaban J connectivity index is 1.58. The van der Waals surface area contributed by atoms with Crippen molar-refractivity contribution in [3.8, 4) is 11.8 Å². The first kappa shape index (κ1) is 13.7. The third-order valence-corrected chi connectivity index (χ3v) is 3.53. The molecule has 0 spiro atoms. The molecular formula is C18H18N2O. The summed E-state index contributed by atoms with van der Waals surface area (Å²) in [5, 5.41) is 12.4. The SMILES string of the molecule is N#Cc1cccc(COc2cccc(CNC3CC3)c2)c1. The van der Waals surface area contributed by atoms with E-state index >= 15 is 0 Å². The monoisotopic (exact) mass is 278 g/mol. The van der Waals surface area contributed by atoms with Crippen molar-refractivity contribution in [3.63, 3.8) is 0 Å². The van der Waals surface area contributed by atoms with Gasteiger partial charge in [0.1, 0.15) is 12.4 Å². The molecule has 2 aromatic rings. The highest BCUT2D eigenvalue weighted by Crippen LogP contribution is 2.20. The average Bonchev–Trinajstić information content (AvgIpc) is 3.36. The zero-order valence-corrected chi connectivity index (χ0v) is 11.9. The van der Waals surface area contributed by atoms with Crippen LogP contribution >= 0.6 is 0 Å². The van der Waals surface area contributed by atoms with Gasteiger partial charge in [-0.3, -0.25) is 0 Å². The fourth-order valence-electron chi connectivity index (χ4n) is 2.19. The molecule has 3 rings (SSSR count). The Kier molecular flexibility index (Phi) is 4.18. The summed E-state index contributed by atoms with van der Waals surface area (Å²) in [6, 6.07) is 18.5. The smallest absolute Gasteiger partial charge is 0.120 e. The van der Waals surface area contributed by atoms with Crippen molar-refractivity contribution >= 4 is 0 Å². The molecule has 0 bridgehead atoms. The van der Waals surface area contributed by atoms with Crippen LogP contribution in [0.2, 0.25) is 0 Å². The number of nitrogens with zero attached hydrogens (tertiary/aromatic N) is 1. The van der Waals surface area contributed by atoms with Gasteiger partial charge in [-0.2, -0.15) is 5.26 Å². The Morgan fingerprint density at radius 1 is 1.10 bits per heavy atom. The lowest BCUT2D eigenvalue weighted by Crippen LogP contribution is -2.15. The molecule has 0 amide bonds. The van der Waals surface area contributed by atoms with Gasteiger partial charge in [-0.05, 0) is 48.2 Å². The lowest BCUT2D eigenvalue weighted by Gasteiger charge is -2.09. The zero-order valence-electron chi connectivity index (χ0n) is 11.9. The predicted octanol–water partition coefficient (Wildman–Crippen LogP) is 3.39. The predicted molar refractivity (Wildman–Crippen MR) is 81.8 cm³/mol. The lowest BCUT2D eigenvalue weighted by atomic mass is 10.1. The minimum Gasteiger partial charge on any atom is -0.489 e. The number of ether oxygens (including phenoxy) is 1. The number of hydrogen-bond donors (Lipinski definition) is 1. The highest BCUT2D eigenvalue weighted by atomic mass is 16.5. The van der Waals surface area contributed by atoms with E-state index in [0.717, 1.165) is 17.9 Å². The number of rotatable bonds is 6. The van der Waals surface area contributed by atoms with Crippen molar-refractivity contribution in [2.75, 3.05) is 0 Å². The molecule has 0 atom stereocenters. The van der Waals surface area contributed by atoms with Gasteiger partial charge in [-0.1, -0.05) is 24.3 Å². The summed E-state index contributed by atoms with van der Waals surface area (Å²) in [5.41, 5.74) is 2.92. The molecule has 106 valence electrons. The minimum absolute atomic E-state index is 0.481. The van der Waals surface area contributed by atoms with Crippen LogP contribution in [-0.4, -0.2) is 6.04 Å². The van der Waals surface area contributed by atoms with Gasteiger partial charge in [0.2, 0.25) is 0 Å². The normalized spacial score (nSPS) is 13.7. The van der Waals surface area contributed by atoms with Crippen LogP contribution in [0, 0.1) is 11.3 Å². The van der Waals surface area contributed by atoms with Crippen LogP contribution < -0.4 is 10.1 Å². The van der Waals surface area contributed by atoms with E-state index in [1.807, 2.05) is 30.3 Å². The Labute approximate surface area is 125 Å². The fraction of sp³-hybridized carbons (Fsp3) is 0.278. The molecule has 1 saturated carbocycles. The molecule has 1 aliphatic rings. The molecule has 0 heterocycles. The quantitative estimate of drug-likeness (QED) is 0.881. The van der Waals surface area contributed by atoms with Crippen molar-refractivity contribution in [3.05, 3.63) is 65.2 Å². The van der Waals surface area contributed by atoms with Gasteiger partial charge >= 0.3 is 0 Å². The molecule has 3 heteroatoms. The average molecular weight is 278 g/mol. The van der Waals surface area contributed by atoms with Crippen LogP contribution in [0.25, 0.3) is 0 Å². The van der Waals surface area contributed by atoms with E-state index in [-0.39, 0.29) is 0 Å². The maximum Gasteiger partial charge on any atom is 0.120 e. The van der Waals surface area contributed by atoms with E-state index in [1.165, 1.54) is 18.4 Å². The van der Waals surface area contributed by atoms with Gasteiger partial charge < -0.3 is 10.1 Å². The van der Waals surface area contributed by atoms with E-state index in [4.69, 9.17) is 10.00 Å². The van der Waals surface area contributed by atoms with Gasteiger partial charge in [-0.15, -0.1) is 0 Å². The van der Waals surface area contributed by atoms with E-state index in [2.05, 4.69) is 23.5 Å². The van der Waals surface area contributed by atoms with Crippen LogP contribution in [0.4, 0.5) is 0 Å². The van der Waals surface area contributed by atoms with Crippen molar-refractivity contribution in [1.29, 1.82) is 5.26 Å². The van der Waals surface area contributed by atoms with Gasteiger partial charge in [-0.25, -0.2) is 0 Å². The van der Waals surface area contributed by atoms with Crippen LogP contribution in [0.1, 0.15) is 29.5 Å². The summed E-state index contributed by atoms with van der Waals surface area (Å²) in [7, 11) is 0. The number of benzene rings is 2. The molecule has 0 saturated heterocycles. The van der Waals surface area contributed by atoms with E-state index in [9.17, 15) is 0 Å². The van der Waals surface area contributed by atoms with Gasteiger partial charge in [0.25, 0.3) is 0 Å². The number of hydrogen-bond acceptors (Lipinski definition) is 3. The number of nitrogens with one attached hydrogen (secondary N) is 1. The maximum atomic E-state index is 8.89. The van der Waals surface area contributed by atoms with Crippen molar-refractivity contribution < 1.29 is 4.74 Å². The van der Waals surface area contributed by atoms with Crippen molar-refractivity contribution in [1.82, 2.24) is 5.32 Å². The highest BCUT2D eigenvalue weighted by Gasteiger charge is 2.19. The van der Waals surface area contributed by atoms with Gasteiger partial charge in [0.05, 0.1) is 11.6 Å². The molecule has 0 aromatic heterocycles. The fourth-order valence-corrected chi connectivity index (χ4v) is 2.19. The van der Waals surface area contributed by atoms with Crippen LogP contribution in [0.3, 0.4) is 0 Å². The van der Waals surface area contributed by atoms with Gasteiger partial charge in [0.15, 0.2) is 0 Å². The highest BCUT2D eigenvalue weighted by molar-refractivity contribution is 5.33. The van der Waals surface area contributed by atoms with Crippen molar-refractivity contribution in [2.24, 2.45) is 0 Å². The lowest BCUT2D eigenvalue weighted by molar-refractivity contribution is 0.306. The Bertz CT molecular complexity index is 656. The Morgan fingerprint density at radius 3 is 2.71 bits per heavy atom. The van der Waals surface area contributed by atoms with Crippen molar-refractivity contribution in [2.45, 2.75) is 32.0 Å². The molecule has 0 aliphatic heterocycles. The molecule has 1 aliphatic carbocycles. The first-order chi connectivity index (χ1) is 10.3. The summed E-state index contributed by atoms with van der Waals surface area (Å²) < 4.78 is 5.82. The summed E-state index contributed by atoms with van der Waals surface area (Å²) >= 11 is 0. The van der Waals surface area contributed by atoms with E-state index in [1.54, 1.807) is 6.07 Å². The van der Waals surface area contributed by atoms with Crippen LogP contribution in [0.15, 0.2) is 48.5 Å². The first-order valence-electron chi connectivity index (χ1n) is 7.27. The second-order valence-corrected chi connectivity index (χ2v) is 5.40. The summed E-state index contributed by atoms with van der Waals surface area (Å²) in [5.74, 6) is 0.868. The topological polar surface area (TPSA) is 45.0 Å². The summed E-state index contributed by atoms with van der Waals surface area (Å²) in [4.78, 5) is 0.